The molecule has 5 rings (SSSR count). The van der Waals surface area contributed by atoms with Gasteiger partial charge in [-0.2, -0.15) is 13.2 Å². The van der Waals surface area contributed by atoms with Gasteiger partial charge in [-0.1, -0.05) is 0 Å². The summed E-state index contributed by atoms with van der Waals surface area (Å²) in [6, 6.07) is -0.241. The molecule has 20 heteroatoms. The van der Waals surface area contributed by atoms with Crippen molar-refractivity contribution >= 4 is 57.0 Å². The molecule has 11 nitrogen and oxygen atoms in total. The molecule has 0 spiro atoms. The number of amides is 2. The maximum Gasteiger partial charge on any atom is 0.427 e. The second-order valence-corrected chi connectivity index (χ2v) is 35.3. The Morgan fingerprint density at radius 3 is 1.47 bits per heavy atom. The van der Waals surface area contributed by atoms with Gasteiger partial charge in [-0.05, 0) is 40.2 Å². The summed E-state index contributed by atoms with van der Waals surface area (Å²) in [4.78, 5) is 64.8. The molecule has 2 fully saturated rings. The fourth-order valence-corrected chi connectivity index (χ4v) is 26.3. The maximum atomic E-state index is 15.4. The van der Waals surface area contributed by atoms with Gasteiger partial charge in [-0.3, -0.25) is 14.7 Å². The Bertz CT molecular complexity index is 2280. The van der Waals surface area contributed by atoms with Gasteiger partial charge in [0, 0.05) is 24.1 Å². The quantitative estimate of drug-likeness (QED) is 0.0850. The van der Waals surface area contributed by atoms with Gasteiger partial charge in [0.25, 0.3) is 0 Å². The van der Waals surface area contributed by atoms with Crippen LogP contribution in [0, 0.1) is 11.6 Å². The Hall–Kier alpha value is -3.88. The predicted octanol–water partition coefficient (Wildman–Crippen LogP) is 13.1. The zero-order chi connectivity index (χ0) is 53.9. The monoisotopic (exact) mass is 1150 g/mol. The Morgan fingerprint density at radius 2 is 1.08 bits per heavy atom. The van der Waals surface area contributed by atoms with Crippen LogP contribution in [0.25, 0.3) is 10.6 Å². The second kappa shape index (κ2) is 26.1. The molecule has 6 atom stereocenters. The van der Waals surface area contributed by atoms with Crippen molar-refractivity contribution in [3.05, 3.63) is 58.6 Å². The molecule has 0 aromatic carbocycles. The molecular formula is C52H74F7N5O6SSn. The SMILES string of the molecule is CCC[CH2][Sn]([CH2]CCC)([CH2]CCC)[c]1cc(CCC(=O)[C@@H]2C[C@@H](F)[C@H](C)N2C(=O)OC(C)(C)C)ncc1F.C[C@H]1[C@H](F)C[C@@H](C(=O)CCc2cc(-c3ncc(C(F)(F)F)s3)c(F)cn2)N1C(=O)OC(C)(C)C. The Kier molecular flexibility index (Phi) is 22.0. The van der Waals surface area contributed by atoms with Gasteiger partial charge in [-0.15, -0.1) is 11.3 Å². The first-order valence-corrected chi connectivity index (χ1v) is 33.5. The number of hydrogen-bond acceptors (Lipinski definition) is 10. The third-order valence-corrected chi connectivity index (χ3v) is 29.8. The van der Waals surface area contributed by atoms with Crippen LogP contribution < -0.4 is 3.58 Å². The minimum Gasteiger partial charge on any atom is -0.444 e. The summed E-state index contributed by atoms with van der Waals surface area (Å²) < 4.78 is 112. The number of pyridine rings is 2. The van der Waals surface area contributed by atoms with Gasteiger partial charge >= 0.3 is 246 Å². The summed E-state index contributed by atoms with van der Waals surface area (Å²) in [6.07, 6.45) is 1.00. The number of carbonyl (C=O) groups excluding carboxylic acids is 4. The zero-order valence-corrected chi connectivity index (χ0v) is 47.4. The molecule has 0 aliphatic carbocycles. The Balaban J connectivity index is 0.000000314. The van der Waals surface area contributed by atoms with Crippen LogP contribution in [0.1, 0.15) is 157 Å². The van der Waals surface area contributed by atoms with Crippen molar-refractivity contribution in [1.29, 1.82) is 0 Å². The van der Waals surface area contributed by atoms with Crippen LogP contribution in [0.3, 0.4) is 0 Å². The Morgan fingerprint density at radius 1 is 0.667 bits per heavy atom. The van der Waals surface area contributed by atoms with E-state index in [1.165, 1.54) is 24.1 Å². The van der Waals surface area contributed by atoms with E-state index in [2.05, 4.69) is 35.7 Å². The average Bonchev–Trinajstić information content (AvgIpc) is 4.00. The molecule has 0 N–H and O–H groups in total. The molecular weight excluding hydrogens is 1070 g/mol. The van der Waals surface area contributed by atoms with Crippen LogP contribution in [-0.4, -0.2) is 115 Å². The van der Waals surface area contributed by atoms with Crippen LogP contribution in [0.4, 0.5) is 40.3 Å². The van der Waals surface area contributed by atoms with E-state index in [-0.39, 0.29) is 60.0 Å². The third kappa shape index (κ3) is 16.6. The molecule has 2 aliphatic heterocycles. The van der Waals surface area contributed by atoms with E-state index in [0.717, 1.165) is 66.5 Å². The van der Waals surface area contributed by atoms with Crippen LogP contribution in [-0.2, 0) is 38.1 Å². The van der Waals surface area contributed by atoms with E-state index in [0.29, 0.717) is 29.6 Å². The minimum atomic E-state index is -4.60. The first-order chi connectivity index (χ1) is 33.6. The number of unbranched alkanes of at least 4 members (excludes halogenated alkanes) is 3. The largest absolute Gasteiger partial charge is 0.444 e. The summed E-state index contributed by atoms with van der Waals surface area (Å²) in [5, 5.41) is -0.166. The van der Waals surface area contributed by atoms with Gasteiger partial charge in [0.1, 0.15) is 21.7 Å². The van der Waals surface area contributed by atoms with Gasteiger partial charge in [0.05, 0.1) is 24.5 Å². The van der Waals surface area contributed by atoms with Crippen molar-refractivity contribution in [2.45, 2.75) is 220 Å². The first kappa shape index (κ1) is 60.7. The van der Waals surface area contributed by atoms with Crippen LogP contribution >= 0.6 is 11.3 Å². The molecule has 2 aliphatic rings. The van der Waals surface area contributed by atoms with Crippen molar-refractivity contribution in [3.63, 3.8) is 0 Å². The van der Waals surface area contributed by atoms with E-state index >= 15 is 4.39 Å². The number of nitrogens with zero attached hydrogens (tertiary/aromatic N) is 5. The van der Waals surface area contributed by atoms with E-state index in [1.54, 1.807) is 48.5 Å². The summed E-state index contributed by atoms with van der Waals surface area (Å²) in [7, 11) is 0. The number of Topliss-reactive ketones (excluding diaryl/α,β-unsaturated/α-hetero) is 2. The molecule has 72 heavy (non-hydrogen) atoms. The number of halogens is 7. The molecule has 3 aromatic rings. The number of ketones is 2. The zero-order valence-electron chi connectivity index (χ0n) is 43.7. The van der Waals surface area contributed by atoms with E-state index in [1.807, 2.05) is 6.07 Å². The third-order valence-electron chi connectivity index (χ3n) is 13.1. The molecule has 0 saturated carbocycles. The number of alkyl halides is 5. The first-order valence-electron chi connectivity index (χ1n) is 25.2. The number of thiazole rings is 1. The van der Waals surface area contributed by atoms with Crippen molar-refractivity contribution in [2.24, 2.45) is 0 Å². The summed E-state index contributed by atoms with van der Waals surface area (Å²) in [5.74, 6) is -1.65. The van der Waals surface area contributed by atoms with Crippen LogP contribution in [0.2, 0.25) is 13.3 Å². The van der Waals surface area contributed by atoms with Gasteiger partial charge in [0.15, 0.2) is 11.6 Å². The summed E-state index contributed by atoms with van der Waals surface area (Å²) in [6.45, 7) is 19.9. The van der Waals surface area contributed by atoms with Gasteiger partial charge < -0.3 is 4.74 Å². The second-order valence-electron chi connectivity index (χ2n) is 21.2. The smallest absolute Gasteiger partial charge is 0.427 e. The molecule has 5 heterocycles. The number of aromatic nitrogens is 3. The van der Waals surface area contributed by atoms with Crippen LogP contribution in [0.5, 0.6) is 0 Å². The molecule has 3 aromatic heterocycles. The normalized spacial score (nSPS) is 20.6. The summed E-state index contributed by atoms with van der Waals surface area (Å²) in [5.41, 5.74) is -0.757. The molecule has 402 valence electrons. The van der Waals surface area contributed by atoms with E-state index < -0.39 is 101 Å². The van der Waals surface area contributed by atoms with Crippen LogP contribution in [0.15, 0.2) is 30.7 Å². The Labute approximate surface area is 428 Å². The predicted molar refractivity (Wildman–Crippen MR) is 267 cm³/mol. The van der Waals surface area contributed by atoms with E-state index in [9.17, 15) is 45.5 Å². The molecule has 0 radical (unpaired) electrons. The number of hydrogen-bond donors (Lipinski definition) is 0. The van der Waals surface area contributed by atoms with Gasteiger partial charge in [-0.25, -0.2) is 18.6 Å². The number of ether oxygens (including phenoxy) is 2. The molecule has 2 amide bonds. The maximum absolute atomic E-state index is 15.4. The fourth-order valence-electron chi connectivity index (χ4n) is 9.25. The summed E-state index contributed by atoms with van der Waals surface area (Å²) >= 11 is -2.72. The molecule has 2 saturated heterocycles. The number of aryl methyl sites for hydroxylation is 2. The van der Waals surface area contributed by atoms with Crippen molar-refractivity contribution in [3.8, 4) is 10.6 Å². The average molecular weight is 1150 g/mol. The fraction of sp³-hybridized carbons (Fsp3) is 0.673. The number of likely N-dealkylation sites (tertiary alicyclic amines) is 2. The van der Waals surface area contributed by atoms with E-state index in [4.69, 9.17) is 9.47 Å². The topological polar surface area (TPSA) is 132 Å². The minimum absolute atomic E-state index is 0.0214. The number of rotatable bonds is 19. The molecule has 0 unspecified atom stereocenters. The standard InChI is InChI=1S/C22H24F5N3O3S.C18H23F2N2O3.3C4H9.Sn/c1-11-14(23)8-16(30(11)20(32)33-21(2,3)4)17(31)6-5-12-7-13(15(24)9-28-12)19-29-10-18(34-19)22(25,26)27;1-11-14(20)9-15(22(11)17(24)25-18(2,3)4)16(23)8-7-13-6-5-12(19)10-21-13;3*1-3-4-2;/h7,9-11,14,16H,5-6,8H2,1-4H3;6,10-11,14-15H,7-9H2,1-4H3;3*1,3-4H2,2H3;/t11-,14+,16-;11-,14+,15-;;;;/m00..../s1. The number of carbonyl (C=O) groups is 4. The van der Waals surface area contributed by atoms with Gasteiger partial charge in [0.2, 0.25) is 0 Å². The van der Waals surface area contributed by atoms with Crippen molar-refractivity contribution in [2.75, 3.05) is 0 Å². The van der Waals surface area contributed by atoms with Crippen molar-refractivity contribution < 1.29 is 59.4 Å². The molecule has 0 bridgehead atoms. The van der Waals surface area contributed by atoms with Crippen molar-refractivity contribution in [1.82, 2.24) is 24.8 Å².